The van der Waals surface area contributed by atoms with Gasteiger partial charge in [0.25, 0.3) is 0 Å². The zero-order chi connectivity index (χ0) is 11.3. The van der Waals surface area contributed by atoms with Crippen LogP contribution in [-0.2, 0) is 11.5 Å². The van der Waals surface area contributed by atoms with Crippen LogP contribution >= 0.6 is 23.5 Å². The normalized spacial score (nSPS) is 10.6. The van der Waals surface area contributed by atoms with Gasteiger partial charge in [-0.15, -0.1) is 11.8 Å². The standard InChI is InChI=1S/C9H14N2O2S2/c1-4-13-6-11-7(5-12)8(14-2)10-9(11)15-3/h5H,4,6H2,1-3H3. The molecule has 1 aromatic heterocycles. The molecule has 1 heterocycles. The molecule has 0 atom stereocenters. The maximum absolute atomic E-state index is 11.0. The molecule has 4 nitrogen and oxygen atoms in total. The van der Waals surface area contributed by atoms with Gasteiger partial charge in [0.15, 0.2) is 11.4 Å². The molecule has 0 amide bonds. The number of carbonyl (C=O) groups is 1. The van der Waals surface area contributed by atoms with Crippen LogP contribution in [0.2, 0.25) is 0 Å². The first-order valence-corrected chi connectivity index (χ1v) is 6.94. The van der Waals surface area contributed by atoms with Gasteiger partial charge in [0.05, 0.1) is 0 Å². The minimum Gasteiger partial charge on any atom is -0.361 e. The van der Waals surface area contributed by atoms with Crippen molar-refractivity contribution in [1.82, 2.24) is 9.55 Å². The van der Waals surface area contributed by atoms with Crippen LogP contribution in [0.3, 0.4) is 0 Å². The monoisotopic (exact) mass is 246 g/mol. The van der Waals surface area contributed by atoms with Crippen molar-refractivity contribution in [2.45, 2.75) is 23.8 Å². The van der Waals surface area contributed by atoms with Crippen molar-refractivity contribution in [3.05, 3.63) is 5.69 Å². The molecule has 0 radical (unpaired) electrons. The van der Waals surface area contributed by atoms with E-state index >= 15 is 0 Å². The van der Waals surface area contributed by atoms with Crippen LogP contribution in [0.5, 0.6) is 0 Å². The van der Waals surface area contributed by atoms with Crippen molar-refractivity contribution in [1.29, 1.82) is 0 Å². The second-order valence-corrected chi connectivity index (χ2v) is 4.23. The summed E-state index contributed by atoms with van der Waals surface area (Å²) < 4.78 is 7.10. The first kappa shape index (κ1) is 12.6. The van der Waals surface area contributed by atoms with Gasteiger partial charge in [-0.1, -0.05) is 11.8 Å². The van der Waals surface area contributed by atoms with E-state index in [0.29, 0.717) is 19.0 Å². The number of imidazole rings is 1. The Balaban J connectivity index is 3.06. The molecule has 15 heavy (non-hydrogen) atoms. The van der Waals surface area contributed by atoms with E-state index in [-0.39, 0.29) is 0 Å². The van der Waals surface area contributed by atoms with Gasteiger partial charge in [0, 0.05) is 6.61 Å². The van der Waals surface area contributed by atoms with Crippen molar-refractivity contribution in [2.75, 3.05) is 19.1 Å². The van der Waals surface area contributed by atoms with Gasteiger partial charge in [0.1, 0.15) is 17.5 Å². The Morgan fingerprint density at radius 2 is 2.20 bits per heavy atom. The Labute approximate surface area is 97.8 Å². The Hall–Kier alpha value is -0.460. The third-order valence-electron chi connectivity index (χ3n) is 1.85. The molecule has 0 saturated carbocycles. The maximum Gasteiger partial charge on any atom is 0.171 e. The number of aldehydes is 1. The van der Waals surface area contributed by atoms with Gasteiger partial charge < -0.3 is 4.74 Å². The molecule has 0 aliphatic rings. The summed E-state index contributed by atoms with van der Waals surface area (Å²) in [6.45, 7) is 2.93. The molecule has 0 spiro atoms. The third kappa shape index (κ3) is 2.76. The van der Waals surface area contributed by atoms with Crippen LogP contribution in [0.15, 0.2) is 10.2 Å². The fourth-order valence-corrected chi connectivity index (χ4v) is 2.31. The van der Waals surface area contributed by atoms with E-state index in [1.54, 1.807) is 4.57 Å². The topological polar surface area (TPSA) is 44.1 Å². The van der Waals surface area contributed by atoms with Gasteiger partial charge in [-0.25, -0.2) is 4.98 Å². The van der Waals surface area contributed by atoms with Gasteiger partial charge in [0.2, 0.25) is 0 Å². The summed E-state index contributed by atoms with van der Waals surface area (Å²) in [5.74, 6) is 0. The number of rotatable bonds is 6. The molecule has 0 aliphatic carbocycles. The van der Waals surface area contributed by atoms with E-state index in [1.807, 2.05) is 19.4 Å². The highest BCUT2D eigenvalue weighted by Crippen LogP contribution is 2.24. The van der Waals surface area contributed by atoms with E-state index in [2.05, 4.69) is 4.98 Å². The van der Waals surface area contributed by atoms with Gasteiger partial charge >= 0.3 is 0 Å². The molecule has 1 aromatic rings. The number of aromatic nitrogens is 2. The first-order valence-electron chi connectivity index (χ1n) is 4.49. The molecular weight excluding hydrogens is 232 g/mol. The van der Waals surface area contributed by atoms with Crippen molar-refractivity contribution >= 4 is 29.8 Å². The van der Waals surface area contributed by atoms with Crippen LogP contribution in [0.1, 0.15) is 17.4 Å². The summed E-state index contributed by atoms with van der Waals surface area (Å²) in [6, 6.07) is 0. The smallest absolute Gasteiger partial charge is 0.171 e. The van der Waals surface area contributed by atoms with Crippen LogP contribution < -0.4 is 0 Å². The van der Waals surface area contributed by atoms with Gasteiger partial charge in [-0.2, -0.15) is 0 Å². The molecule has 0 aromatic carbocycles. The second-order valence-electron chi connectivity index (χ2n) is 2.66. The Bertz CT molecular complexity index is 339. The lowest BCUT2D eigenvalue weighted by atomic mass is 10.5. The summed E-state index contributed by atoms with van der Waals surface area (Å²) in [4.78, 5) is 15.3. The van der Waals surface area contributed by atoms with Crippen LogP contribution in [0.25, 0.3) is 0 Å². The number of carbonyl (C=O) groups excluding carboxylic acids is 1. The predicted octanol–water partition coefficient (Wildman–Crippen LogP) is 2.13. The third-order valence-corrected chi connectivity index (χ3v) is 3.21. The van der Waals surface area contributed by atoms with Crippen molar-refractivity contribution < 1.29 is 9.53 Å². The molecule has 0 bridgehead atoms. The molecule has 0 unspecified atom stereocenters. The molecule has 0 fully saturated rings. The molecule has 0 aliphatic heterocycles. The number of hydrogen-bond acceptors (Lipinski definition) is 5. The van der Waals surface area contributed by atoms with E-state index in [1.165, 1.54) is 23.5 Å². The Morgan fingerprint density at radius 3 is 2.67 bits per heavy atom. The second kappa shape index (κ2) is 6.19. The van der Waals surface area contributed by atoms with Crippen LogP contribution in [0, 0.1) is 0 Å². The highest BCUT2D eigenvalue weighted by molar-refractivity contribution is 7.99. The molecular formula is C9H14N2O2S2. The molecule has 84 valence electrons. The average Bonchev–Trinajstić information content (AvgIpc) is 2.62. The lowest BCUT2D eigenvalue weighted by Crippen LogP contribution is -2.07. The summed E-state index contributed by atoms with van der Waals surface area (Å²) >= 11 is 2.98. The highest BCUT2D eigenvalue weighted by Gasteiger charge is 2.15. The fourth-order valence-electron chi connectivity index (χ4n) is 1.15. The van der Waals surface area contributed by atoms with Gasteiger partial charge in [-0.05, 0) is 19.4 Å². The zero-order valence-corrected chi connectivity index (χ0v) is 10.7. The summed E-state index contributed by atoms with van der Waals surface area (Å²) in [6.07, 6.45) is 4.67. The Kier molecular flexibility index (Phi) is 5.21. The quantitative estimate of drug-likeness (QED) is 0.568. The van der Waals surface area contributed by atoms with Crippen LogP contribution in [-0.4, -0.2) is 35.0 Å². The highest BCUT2D eigenvalue weighted by atomic mass is 32.2. The maximum atomic E-state index is 11.0. The summed E-state index contributed by atoms with van der Waals surface area (Å²) in [5.41, 5.74) is 0.598. The largest absolute Gasteiger partial charge is 0.361 e. The lowest BCUT2D eigenvalue weighted by molar-refractivity contribution is 0.0785. The molecule has 0 N–H and O–H groups in total. The number of thioether (sulfide) groups is 2. The van der Waals surface area contributed by atoms with Crippen molar-refractivity contribution in [3.63, 3.8) is 0 Å². The molecule has 0 saturated heterocycles. The molecule has 1 rings (SSSR count). The van der Waals surface area contributed by atoms with E-state index in [0.717, 1.165) is 16.5 Å². The zero-order valence-electron chi connectivity index (χ0n) is 9.02. The SMILES string of the molecule is CCOCn1c(SC)nc(SC)c1C=O. The predicted molar refractivity (Wildman–Crippen MR) is 62.8 cm³/mol. The summed E-state index contributed by atoms with van der Waals surface area (Å²) in [7, 11) is 0. The van der Waals surface area contributed by atoms with Crippen molar-refractivity contribution in [2.24, 2.45) is 0 Å². The molecule has 6 heteroatoms. The first-order chi connectivity index (χ1) is 7.28. The Morgan fingerprint density at radius 1 is 1.47 bits per heavy atom. The van der Waals surface area contributed by atoms with Crippen LogP contribution in [0.4, 0.5) is 0 Å². The number of hydrogen-bond donors (Lipinski definition) is 0. The lowest BCUT2D eigenvalue weighted by Gasteiger charge is -2.07. The van der Waals surface area contributed by atoms with E-state index in [9.17, 15) is 4.79 Å². The van der Waals surface area contributed by atoms with E-state index in [4.69, 9.17) is 4.74 Å². The summed E-state index contributed by atoms with van der Waals surface area (Å²) in [5, 5.41) is 1.57. The van der Waals surface area contributed by atoms with Crippen molar-refractivity contribution in [3.8, 4) is 0 Å². The van der Waals surface area contributed by atoms with Gasteiger partial charge in [-0.3, -0.25) is 9.36 Å². The minimum absolute atomic E-state index is 0.383. The minimum atomic E-state index is 0.383. The number of ether oxygens (including phenoxy) is 1. The fraction of sp³-hybridized carbons (Fsp3) is 0.556. The number of nitrogens with zero attached hydrogens (tertiary/aromatic N) is 2. The van der Waals surface area contributed by atoms with E-state index < -0.39 is 0 Å². The average molecular weight is 246 g/mol.